The number of nitrogens with zero attached hydrogens (tertiary/aromatic N) is 2. The number of aliphatic carboxylic acids is 1. The summed E-state index contributed by atoms with van der Waals surface area (Å²) in [6, 6.07) is 9.33. The molecule has 1 N–H and O–H groups in total. The van der Waals surface area contributed by atoms with Crippen molar-refractivity contribution in [1.29, 1.82) is 0 Å². The van der Waals surface area contributed by atoms with Crippen LogP contribution in [-0.4, -0.2) is 40.0 Å². The highest BCUT2D eigenvalue weighted by Crippen LogP contribution is 2.23. The molecule has 5 nitrogen and oxygen atoms in total. The number of pyridine rings is 1. The molecule has 114 valence electrons. The van der Waals surface area contributed by atoms with Crippen LogP contribution in [0.4, 0.5) is 0 Å². The Bertz CT molecular complexity index is 742. The molecule has 3 rings (SSSR count). The van der Waals surface area contributed by atoms with Gasteiger partial charge in [0.25, 0.3) is 5.91 Å². The van der Waals surface area contributed by atoms with Gasteiger partial charge in [-0.3, -0.25) is 14.6 Å². The Morgan fingerprint density at radius 1 is 1.32 bits per heavy atom. The van der Waals surface area contributed by atoms with E-state index in [1.54, 1.807) is 11.0 Å². The van der Waals surface area contributed by atoms with Gasteiger partial charge in [-0.1, -0.05) is 18.2 Å². The molecule has 5 heteroatoms. The lowest BCUT2D eigenvalue weighted by Crippen LogP contribution is -2.42. The summed E-state index contributed by atoms with van der Waals surface area (Å²) in [6.07, 6.45) is 1.36. The molecule has 1 aromatic heterocycles. The molecule has 1 fully saturated rings. The Morgan fingerprint density at radius 2 is 2.09 bits per heavy atom. The van der Waals surface area contributed by atoms with Crippen molar-refractivity contribution >= 4 is 22.8 Å². The number of hydrogen-bond donors (Lipinski definition) is 1. The van der Waals surface area contributed by atoms with E-state index in [-0.39, 0.29) is 12.5 Å². The third-order valence-corrected chi connectivity index (χ3v) is 4.13. The van der Waals surface area contributed by atoms with Crippen molar-refractivity contribution in [1.82, 2.24) is 9.88 Å². The molecule has 0 aliphatic carbocycles. The molecule has 1 aliphatic rings. The number of rotatable bonds is 2. The number of carboxylic acid groups (broad SMARTS) is 1. The van der Waals surface area contributed by atoms with Gasteiger partial charge in [0.05, 0.1) is 17.0 Å². The Kier molecular flexibility index (Phi) is 3.79. The van der Waals surface area contributed by atoms with Gasteiger partial charge in [-0.05, 0) is 31.9 Å². The van der Waals surface area contributed by atoms with Crippen LogP contribution < -0.4 is 0 Å². The van der Waals surface area contributed by atoms with E-state index in [9.17, 15) is 14.7 Å². The molecule has 0 radical (unpaired) electrons. The number of fused-ring (bicyclic) bond motifs is 1. The number of likely N-dealkylation sites (tertiary alicyclic amines) is 1. The smallest absolute Gasteiger partial charge is 0.308 e. The van der Waals surface area contributed by atoms with Gasteiger partial charge in [0.15, 0.2) is 0 Å². The standard InChI is InChI=1S/C17H18N2O3/c1-11-9-14(13-6-2-3-7-15(13)18-11)16(20)19-8-4-5-12(10-19)17(21)22/h2-3,6-7,9,12H,4-5,8,10H2,1H3,(H,21,22)/t12-/m0/s1. The van der Waals surface area contributed by atoms with Gasteiger partial charge in [-0.15, -0.1) is 0 Å². The third-order valence-electron chi connectivity index (χ3n) is 4.13. The zero-order chi connectivity index (χ0) is 15.7. The van der Waals surface area contributed by atoms with Crippen LogP contribution in [0, 0.1) is 12.8 Å². The Morgan fingerprint density at radius 3 is 2.86 bits per heavy atom. The molecule has 1 saturated heterocycles. The fourth-order valence-corrected chi connectivity index (χ4v) is 3.02. The molecule has 1 atom stereocenters. The molecular formula is C17H18N2O3. The number of benzene rings is 1. The van der Waals surface area contributed by atoms with E-state index in [0.29, 0.717) is 18.5 Å². The minimum Gasteiger partial charge on any atom is -0.481 e. The quantitative estimate of drug-likeness (QED) is 0.924. The maximum absolute atomic E-state index is 12.8. The second kappa shape index (κ2) is 5.75. The molecule has 1 amide bonds. The van der Waals surface area contributed by atoms with Gasteiger partial charge in [-0.2, -0.15) is 0 Å². The predicted octanol–water partition coefficient (Wildman–Crippen LogP) is 2.48. The van der Waals surface area contributed by atoms with Crippen LogP contribution >= 0.6 is 0 Å². The monoisotopic (exact) mass is 298 g/mol. The van der Waals surface area contributed by atoms with Crippen molar-refractivity contribution in [2.24, 2.45) is 5.92 Å². The second-order valence-electron chi connectivity index (χ2n) is 5.76. The molecular weight excluding hydrogens is 280 g/mol. The number of hydrogen-bond acceptors (Lipinski definition) is 3. The molecule has 2 aromatic rings. The van der Waals surface area contributed by atoms with Gasteiger partial charge in [-0.25, -0.2) is 0 Å². The average Bonchev–Trinajstić information content (AvgIpc) is 2.53. The van der Waals surface area contributed by atoms with Crippen molar-refractivity contribution in [3.05, 3.63) is 41.6 Å². The topological polar surface area (TPSA) is 70.5 Å². The second-order valence-corrected chi connectivity index (χ2v) is 5.76. The highest BCUT2D eigenvalue weighted by Gasteiger charge is 2.29. The Labute approximate surface area is 128 Å². The number of amides is 1. The Balaban J connectivity index is 1.97. The fraction of sp³-hybridized carbons (Fsp3) is 0.353. The molecule has 22 heavy (non-hydrogen) atoms. The molecule has 0 spiro atoms. The SMILES string of the molecule is Cc1cc(C(=O)N2CCC[C@H](C(=O)O)C2)c2ccccc2n1. The summed E-state index contributed by atoms with van der Waals surface area (Å²) < 4.78 is 0. The zero-order valence-corrected chi connectivity index (χ0v) is 12.5. The van der Waals surface area contributed by atoms with E-state index in [1.807, 2.05) is 31.2 Å². The summed E-state index contributed by atoms with van der Waals surface area (Å²) in [5, 5.41) is 9.99. The number of para-hydroxylation sites is 1. The van der Waals surface area contributed by atoms with Gasteiger partial charge in [0.2, 0.25) is 0 Å². The highest BCUT2D eigenvalue weighted by atomic mass is 16.4. The van der Waals surface area contributed by atoms with Crippen molar-refractivity contribution in [3.8, 4) is 0 Å². The summed E-state index contributed by atoms with van der Waals surface area (Å²) in [6.45, 7) is 2.75. The number of carbonyl (C=O) groups excluding carboxylic acids is 1. The molecule has 0 saturated carbocycles. The van der Waals surface area contributed by atoms with E-state index < -0.39 is 11.9 Å². The van der Waals surface area contributed by atoms with E-state index in [4.69, 9.17) is 0 Å². The zero-order valence-electron chi connectivity index (χ0n) is 12.5. The van der Waals surface area contributed by atoms with Crippen molar-refractivity contribution < 1.29 is 14.7 Å². The first-order valence-corrected chi connectivity index (χ1v) is 7.45. The van der Waals surface area contributed by atoms with Crippen LogP contribution in [0.25, 0.3) is 10.9 Å². The average molecular weight is 298 g/mol. The van der Waals surface area contributed by atoms with E-state index in [2.05, 4.69) is 4.98 Å². The van der Waals surface area contributed by atoms with E-state index >= 15 is 0 Å². The normalized spacial score (nSPS) is 18.4. The third kappa shape index (κ3) is 2.66. The van der Waals surface area contributed by atoms with Gasteiger partial charge in [0.1, 0.15) is 0 Å². The van der Waals surface area contributed by atoms with Gasteiger partial charge >= 0.3 is 5.97 Å². The lowest BCUT2D eigenvalue weighted by atomic mass is 9.97. The molecule has 0 unspecified atom stereocenters. The number of aryl methyl sites for hydroxylation is 1. The number of piperidine rings is 1. The van der Waals surface area contributed by atoms with Crippen molar-refractivity contribution in [3.63, 3.8) is 0 Å². The van der Waals surface area contributed by atoms with Crippen LogP contribution in [0.15, 0.2) is 30.3 Å². The predicted molar refractivity (Wildman–Crippen MR) is 82.7 cm³/mol. The van der Waals surface area contributed by atoms with Crippen LogP contribution in [0.2, 0.25) is 0 Å². The van der Waals surface area contributed by atoms with Gasteiger partial charge in [0, 0.05) is 24.2 Å². The lowest BCUT2D eigenvalue weighted by Gasteiger charge is -2.31. The maximum atomic E-state index is 12.8. The molecule has 2 heterocycles. The van der Waals surface area contributed by atoms with Crippen LogP contribution in [0.5, 0.6) is 0 Å². The fourth-order valence-electron chi connectivity index (χ4n) is 3.02. The number of aromatic nitrogens is 1. The van der Waals surface area contributed by atoms with Crippen LogP contribution in [0.3, 0.4) is 0 Å². The summed E-state index contributed by atoms with van der Waals surface area (Å²) in [5.74, 6) is -1.40. The highest BCUT2D eigenvalue weighted by molar-refractivity contribution is 6.06. The lowest BCUT2D eigenvalue weighted by molar-refractivity contribution is -0.143. The minimum atomic E-state index is -0.826. The first-order chi connectivity index (χ1) is 10.6. The summed E-state index contributed by atoms with van der Waals surface area (Å²) in [7, 11) is 0. The minimum absolute atomic E-state index is 0.104. The molecule has 1 aliphatic heterocycles. The summed E-state index contributed by atoms with van der Waals surface area (Å²) in [4.78, 5) is 30.1. The summed E-state index contributed by atoms with van der Waals surface area (Å²) >= 11 is 0. The van der Waals surface area contributed by atoms with Crippen molar-refractivity contribution in [2.45, 2.75) is 19.8 Å². The summed E-state index contributed by atoms with van der Waals surface area (Å²) in [5.41, 5.74) is 2.18. The van der Waals surface area contributed by atoms with E-state index in [0.717, 1.165) is 23.0 Å². The van der Waals surface area contributed by atoms with Gasteiger partial charge < -0.3 is 10.0 Å². The molecule has 0 bridgehead atoms. The van der Waals surface area contributed by atoms with E-state index in [1.165, 1.54) is 0 Å². The largest absolute Gasteiger partial charge is 0.481 e. The molecule has 1 aromatic carbocycles. The van der Waals surface area contributed by atoms with Crippen LogP contribution in [-0.2, 0) is 4.79 Å². The first kappa shape index (κ1) is 14.5. The number of carbonyl (C=O) groups is 2. The Hall–Kier alpha value is -2.43. The first-order valence-electron chi connectivity index (χ1n) is 7.45. The van der Waals surface area contributed by atoms with Crippen LogP contribution in [0.1, 0.15) is 28.9 Å². The maximum Gasteiger partial charge on any atom is 0.308 e. The van der Waals surface area contributed by atoms with Crippen molar-refractivity contribution in [2.75, 3.05) is 13.1 Å². The number of carboxylic acids is 1.